The summed E-state index contributed by atoms with van der Waals surface area (Å²) in [4.78, 5) is 14.7. The van der Waals surface area contributed by atoms with Gasteiger partial charge in [-0.1, -0.05) is 42.0 Å². The lowest BCUT2D eigenvalue weighted by Crippen LogP contribution is -2.30. The number of carbonyl (C=O) groups excluding carboxylic acids is 1. The summed E-state index contributed by atoms with van der Waals surface area (Å²) in [6, 6.07) is 14.6. The smallest absolute Gasteiger partial charge is 0.223 e. The lowest BCUT2D eigenvalue weighted by Gasteiger charge is -2.25. The number of aromatic nitrogens is 2. The Bertz CT molecular complexity index is 984. The summed E-state index contributed by atoms with van der Waals surface area (Å²) in [6.07, 6.45) is 3.19. The highest BCUT2D eigenvalue weighted by Gasteiger charge is 2.29. The summed E-state index contributed by atoms with van der Waals surface area (Å²) >= 11 is 0. The number of likely N-dealkylation sites (tertiary alicyclic amines) is 1. The topological polar surface area (TPSA) is 59.2 Å². The van der Waals surface area contributed by atoms with Gasteiger partial charge in [-0.25, -0.2) is 4.39 Å². The summed E-state index contributed by atoms with van der Waals surface area (Å²) in [5.41, 5.74) is 3.29. The monoisotopic (exact) mass is 393 g/mol. The van der Waals surface area contributed by atoms with Crippen molar-refractivity contribution in [1.82, 2.24) is 15.1 Å². The Hall–Kier alpha value is -3.02. The average molecular weight is 393 g/mol. The number of aryl methyl sites for hydroxylation is 2. The van der Waals surface area contributed by atoms with E-state index < -0.39 is 0 Å². The fraction of sp³-hybridized carbons (Fsp3) is 0.348. The first-order chi connectivity index (χ1) is 14.1. The molecule has 1 aliphatic heterocycles. The Labute approximate surface area is 169 Å². The van der Waals surface area contributed by atoms with E-state index in [1.54, 1.807) is 12.1 Å². The second-order valence-electron chi connectivity index (χ2n) is 7.55. The second-order valence-corrected chi connectivity index (χ2v) is 7.55. The fourth-order valence-electron chi connectivity index (χ4n) is 3.91. The summed E-state index contributed by atoms with van der Waals surface area (Å²) in [5.74, 6) is 0.847. The van der Waals surface area contributed by atoms with E-state index in [9.17, 15) is 9.18 Å². The maximum atomic E-state index is 13.2. The van der Waals surface area contributed by atoms with E-state index in [0.717, 1.165) is 30.5 Å². The van der Waals surface area contributed by atoms with Crippen molar-refractivity contribution in [3.63, 3.8) is 0 Å². The molecule has 1 amide bonds. The molecule has 1 saturated heterocycles. The number of amides is 1. The van der Waals surface area contributed by atoms with Gasteiger partial charge < -0.3 is 9.32 Å². The highest BCUT2D eigenvalue weighted by molar-refractivity contribution is 5.77. The molecule has 2 heterocycles. The van der Waals surface area contributed by atoms with E-state index in [1.165, 1.54) is 17.7 Å². The molecule has 150 valence electrons. The van der Waals surface area contributed by atoms with Crippen LogP contribution in [0.4, 0.5) is 4.39 Å². The zero-order chi connectivity index (χ0) is 20.2. The Morgan fingerprint density at radius 2 is 1.97 bits per heavy atom. The first-order valence-corrected chi connectivity index (χ1v) is 10.0. The molecule has 0 bridgehead atoms. The Balaban J connectivity index is 1.34. The third kappa shape index (κ3) is 4.70. The molecule has 29 heavy (non-hydrogen) atoms. The Kier molecular flexibility index (Phi) is 5.69. The molecule has 4 rings (SSSR count). The van der Waals surface area contributed by atoms with Crippen LogP contribution in [0.3, 0.4) is 0 Å². The van der Waals surface area contributed by atoms with Crippen molar-refractivity contribution in [3.05, 3.63) is 82.8 Å². The van der Waals surface area contributed by atoms with Gasteiger partial charge >= 0.3 is 0 Å². The predicted octanol–water partition coefficient (Wildman–Crippen LogP) is 4.40. The maximum absolute atomic E-state index is 13.2. The van der Waals surface area contributed by atoms with Crippen LogP contribution in [-0.4, -0.2) is 27.5 Å². The molecule has 0 N–H and O–H groups in total. The molecular weight excluding hydrogens is 369 g/mol. The van der Waals surface area contributed by atoms with Gasteiger partial charge in [0.1, 0.15) is 5.82 Å². The van der Waals surface area contributed by atoms with Gasteiger partial charge in [-0.2, -0.15) is 0 Å². The summed E-state index contributed by atoms with van der Waals surface area (Å²) in [6.45, 7) is 2.77. The molecule has 2 aromatic carbocycles. The maximum Gasteiger partial charge on any atom is 0.223 e. The van der Waals surface area contributed by atoms with Crippen LogP contribution < -0.4 is 0 Å². The highest BCUT2D eigenvalue weighted by Crippen LogP contribution is 2.32. The third-order valence-electron chi connectivity index (χ3n) is 5.33. The van der Waals surface area contributed by atoms with Crippen LogP contribution in [0.25, 0.3) is 0 Å². The summed E-state index contributed by atoms with van der Waals surface area (Å²) in [7, 11) is 0. The zero-order valence-corrected chi connectivity index (χ0v) is 16.5. The molecule has 0 saturated carbocycles. The van der Waals surface area contributed by atoms with E-state index in [2.05, 4.69) is 16.3 Å². The number of carbonyl (C=O) groups is 1. The molecule has 6 heteroatoms. The van der Waals surface area contributed by atoms with Gasteiger partial charge in [-0.05, 0) is 43.0 Å². The Morgan fingerprint density at radius 1 is 1.17 bits per heavy atom. The fourth-order valence-corrected chi connectivity index (χ4v) is 3.91. The van der Waals surface area contributed by atoms with Crippen molar-refractivity contribution in [2.45, 2.75) is 45.1 Å². The van der Waals surface area contributed by atoms with E-state index in [1.807, 2.05) is 30.0 Å². The van der Waals surface area contributed by atoms with Crippen LogP contribution in [0.15, 0.2) is 52.9 Å². The molecule has 1 aromatic heterocycles. The molecular formula is C23H24FN3O2. The van der Waals surface area contributed by atoms with Crippen LogP contribution in [0, 0.1) is 12.7 Å². The molecule has 1 aliphatic rings. The van der Waals surface area contributed by atoms with Crippen LogP contribution in [-0.2, 0) is 17.6 Å². The van der Waals surface area contributed by atoms with E-state index in [4.69, 9.17) is 4.42 Å². The number of hydrogen-bond donors (Lipinski definition) is 0. The van der Waals surface area contributed by atoms with Crippen molar-refractivity contribution in [3.8, 4) is 0 Å². The van der Waals surface area contributed by atoms with Crippen molar-refractivity contribution in [2.24, 2.45) is 0 Å². The number of rotatable bonds is 6. The quantitative estimate of drug-likeness (QED) is 0.623. The lowest BCUT2D eigenvalue weighted by molar-refractivity contribution is -0.132. The van der Waals surface area contributed by atoms with Crippen LogP contribution in [0.5, 0.6) is 0 Å². The van der Waals surface area contributed by atoms with Crippen molar-refractivity contribution < 1.29 is 13.6 Å². The number of nitrogens with zero attached hydrogens (tertiary/aromatic N) is 3. The number of halogens is 1. The molecule has 1 fully saturated rings. The van der Waals surface area contributed by atoms with Gasteiger partial charge in [-0.3, -0.25) is 4.79 Å². The minimum absolute atomic E-state index is 0.0164. The van der Waals surface area contributed by atoms with E-state index in [0.29, 0.717) is 31.0 Å². The van der Waals surface area contributed by atoms with Gasteiger partial charge in [0.2, 0.25) is 17.7 Å². The van der Waals surface area contributed by atoms with E-state index >= 15 is 0 Å². The minimum atomic E-state index is -0.262. The lowest BCUT2D eigenvalue weighted by atomic mass is 10.0. The minimum Gasteiger partial charge on any atom is -0.425 e. The molecule has 1 atom stereocenters. The van der Waals surface area contributed by atoms with Crippen LogP contribution in [0.1, 0.15) is 53.8 Å². The largest absolute Gasteiger partial charge is 0.425 e. The standard InChI is InChI=1S/C23H24FN3O2/c1-16-4-2-5-17(14-16)15-22-26-25-21(29-22)11-12-23(28)27-13-3-6-20(27)18-7-9-19(24)10-8-18/h2,4-5,7-10,14,20H,3,6,11-13,15H2,1H3. The molecule has 1 unspecified atom stereocenters. The van der Waals surface area contributed by atoms with Gasteiger partial charge in [0.15, 0.2) is 0 Å². The predicted molar refractivity (Wildman–Crippen MR) is 107 cm³/mol. The third-order valence-corrected chi connectivity index (χ3v) is 5.33. The van der Waals surface area contributed by atoms with Gasteiger partial charge in [0, 0.05) is 19.4 Å². The first-order valence-electron chi connectivity index (χ1n) is 10.0. The Morgan fingerprint density at radius 3 is 2.76 bits per heavy atom. The van der Waals surface area contributed by atoms with Crippen LogP contribution in [0.2, 0.25) is 0 Å². The van der Waals surface area contributed by atoms with Crippen molar-refractivity contribution in [1.29, 1.82) is 0 Å². The molecule has 0 spiro atoms. The van der Waals surface area contributed by atoms with Gasteiger partial charge in [-0.15, -0.1) is 10.2 Å². The average Bonchev–Trinajstić information content (AvgIpc) is 3.36. The number of benzene rings is 2. The molecule has 0 radical (unpaired) electrons. The zero-order valence-electron chi connectivity index (χ0n) is 16.5. The van der Waals surface area contributed by atoms with Crippen molar-refractivity contribution in [2.75, 3.05) is 6.54 Å². The molecule has 5 nitrogen and oxygen atoms in total. The van der Waals surface area contributed by atoms with Gasteiger partial charge in [0.25, 0.3) is 0 Å². The summed E-state index contributed by atoms with van der Waals surface area (Å²) in [5, 5.41) is 8.20. The van der Waals surface area contributed by atoms with Crippen molar-refractivity contribution >= 4 is 5.91 Å². The molecule has 3 aromatic rings. The van der Waals surface area contributed by atoms with E-state index in [-0.39, 0.29) is 17.8 Å². The number of hydrogen-bond acceptors (Lipinski definition) is 4. The SMILES string of the molecule is Cc1cccc(Cc2nnc(CCC(=O)N3CCCC3c3ccc(F)cc3)o2)c1. The summed E-state index contributed by atoms with van der Waals surface area (Å²) < 4.78 is 18.9. The van der Waals surface area contributed by atoms with Gasteiger partial charge in [0.05, 0.1) is 12.5 Å². The highest BCUT2D eigenvalue weighted by atomic mass is 19.1. The second kappa shape index (κ2) is 8.55. The first kappa shape index (κ1) is 19.3. The normalized spacial score (nSPS) is 16.3. The van der Waals surface area contributed by atoms with Crippen LogP contribution >= 0.6 is 0 Å². The molecule has 0 aliphatic carbocycles.